The molecule has 5 nitrogen and oxygen atoms in total. The fourth-order valence-corrected chi connectivity index (χ4v) is 1.76. The quantitative estimate of drug-likeness (QED) is 0.532. The Kier molecular flexibility index (Phi) is 2.67. The molecule has 0 heterocycles. The van der Waals surface area contributed by atoms with Gasteiger partial charge in [-0.25, -0.2) is 0 Å². The van der Waals surface area contributed by atoms with E-state index >= 15 is 0 Å². The molecule has 2 aromatic rings. The predicted molar refractivity (Wildman–Crippen MR) is 64.9 cm³/mol. The van der Waals surface area contributed by atoms with Crippen molar-refractivity contribution in [3.8, 4) is 39.9 Å². The van der Waals surface area contributed by atoms with E-state index in [0.717, 1.165) is 12.1 Å². The highest BCUT2D eigenvalue weighted by atomic mass is 16.3. The van der Waals surface area contributed by atoms with E-state index < -0.39 is 0 Å². The van der Waals surface area contributed by atoms with E-state index in [9.17, 15) is 25.5 Å². The van der Waals surface area contributed by atoms with Crippen LogP contribution in [0.3, 0.4) is 0 Å². The van der Waals surface area contributed by atoms with E-state index in [1.165, 1.54) is 19.1 Å². The van der Waals surface area contributed by atoms with Crippen molar-refractivity contribution in [2.45, 2.75) is 6.92 Å². The maximum absolute atomic E-state index is 9.91. The van der Waals surface area contributed by atoms with Gasteiger partial charge in [0.2, 0.25) is 0 Å². The first-order valence-electron chi connectivity index (χ1n) is 5.18. The summed E-state index contributed by atoms with van der Waals surface area (Å²) >= 11 is 0. The Labute approximate surface area is 103 Å². The van der Waals surface area contributed by atoms with E-state index in [-0.39, 0.29) is 45.4 Å². The number of aromatic hydroxyl groups is 5. The number of benzene rings is 2. The van der Waals surface area contributed by atoms with Crippen LogP contribution in [0.2, 0.25) is 0 Å². The number of hydrogen-bond donors (Lipinski definition) is 5. The van der Waals surface area contributed by atoms with Gasteiger partial charge in [0.05, 0.1) is 5.56 Å². The number of phenolic OH excluding ortho intramolecular Hbond substituents is 5. The van der Waals surface area contributed by atoms with Gasteiger partial charge in [0.25, 0.3) is 0 Å². The van der Waals surface area contributed by atoms with E-state index in [1.54, 1.807) is 0 Å². The molecule has 0 aliphatic heterocycles. The maximum Gasteiger partial charge on any atom is 0.133 e. The largest absolute Gasteiger partial charge is 0.508 e. The summed E-state index contributed by atoms with van der Waals surface area (Å²) in [7, 11) is 0. The highest BCUT2D eigenvalue weighted by Crippen LogP contribution is 2.44. The normalized spacial score (nSPS) is 10.5. The molecular weight excluding hydrogens is 236 g/mol. The van der Waals surface area contributed by atoms with Crippen LogP contribution >= 0.6 is 0 Å². The summed E-state index contributed by atoms with van der Waals surface area (Å²) in [5.41, 5.74) is 0.479. The third-order valence-corrected chi connectivity index (χ3v) is 2.70. The molecule has 0 fully saturated rings. The van der Waals surface area contributed by atoms with Crippen molar-refractivity contribution in [3.05, 3.63) is 29.8 Å². The average Bonchev–Trinajstić information content (AvgIpc) is 2.24. The molecule has 18 heavy (non-hydrogen) atoms. The molecule has 0 amide bonds. The van der Waals surface area contributed by atoms with Crippen molar-refractivity contribution in [3.63, 3.8) is 0 Å². The van der Waals surface area contributed by atoms with Crippen molar-refractivity contribution >= 4 is 0 Å². The number of phenols is 5. The van der Waals surface area contributed by atoms with E-state index in [0.29, 0.717) is 0 Å². The molecular formula is C13H12O5. The lowest BCUT2D eigenvalue weighted by Gasteiger charge is -2.12. The summed E-state index contributed by atoms with van der Waals surface area (Å²) in [5.74, 6) is -1.29. The molecule has 2 aromatic carbocycles. The summed E-state index contributed by atoms with van der Waals surface area (Å²) < 4.78 is 0. The van der Waals surface area contributed by atoms with Gasteiger partial charge in [0, 0.05) is 17.7 Å². The molecule has 0 aliphatic rings. The second-order valence-corrected chi connectivity index (χ2v) is 4.00. The van der Waals surface area contributed by atoms with Gasteiger partial charge in [0.1, 0.15) is 28.7 Å². The second-order valence-electron chi connectivity index (χ2n) is 4.00. The molecule has 0 unspecified atom stereocenters. The SMILES string of the molecule is Cc1c(O)cc(O)c(-c2cc(O)cc(O)c2)c1O. The average molecular weight is 248 g/mol. The fraction of sp³-hybridized carbons (Fsp3) is 0.0769. The van der Waals surface area contributed by atoms with Crippen LogP contribution in [0.4, 0.5) is 0 Å². The third kappa shape index (κ3) is 1.86. The Balaban J connectivity index is 2.75. The van der Waals surface area contributed by atoms with Crippen LogP contribution in [0.25, 0.3) is 11.1 Å². The van der Waals surface area contributed by atoms with Crippen molar-refractivity contribution in [2.75, 3.05) is 0 Å². The zero-order valence-corrected chi connectivity index (χ0v) is 9.55. The number of rotatable bonds is 1. The van der Waals surface area contributed by atoms with Gasteiger partial charge in [-0.2, -0.15) is 0 Å². The topological polar surface area (TPSA) is 101 Å². The smallest absolute Gasteiger partial charge is 0.133 e. The molecule has 0 aromatic heterocycles. The van der Waals surface area contributed by atoms with Gasteiger partial charge in [-0.15, -0.1) is 0 Å². The molecule has 2 rings (SSSR count). The highest BCUT2D eigenvalue weighted by molar-refractivity contribution is 5.80. The standard InChI is InChI=1S/C13H12O5/c1-6-10(16)5-11(17)12(13(6)18)7-2-8(14)4-9(15)3-7/h2-5,14-18H,1H3. The molecule has 94 valence electrons. The third-order valence-electron chi connectivity index (χ3n) is 2.70. The van der Waals surface area contributed by atoms with Crippen molar-refractivity contribution in [2.24, 2.45) is 0 Å². The minimum atomic E-state index is -0.347. The van der Waals surface area contributed by atoms with Crippen molar-refractivity contribution in [1.29, 1.82) is 0 Å². The fourth-order valence-electron chi connectivity index (χ4n) is 1.76. The molecule has 0 saturated heterocycles. The summed E-state index contributed by atoms with van der Waals surface area (Å²) in [6.07, 6.45) is 0. The van der Waals surface area contributed by atoms with Gasteiger partial charge in [-0.3, -0.25) is 0 Å². The zero-order chi connectivity index (χ0) is 13.4. The molecule has 5 N–H and O–H groups in total. The van der Waals surface area contributed by atoms with Crippen molar-refractivity contribution in [1.82, 2.24) is 0 Å². The maximum atomic E-state index is 9.91. The first kappa shape index (κ1) is 11.9. The molecule has 0 spiro atoms. The van der Waals surface area contributed by atoms with Gasteiger partial charge < -0.3 is 25.5 Å². The molecule has 0 aliphatic carbocycles. The first-order valence-corrected chi connectivity index (χ1v) is 5.18. The minimum absolute atomic E-state index is 0.0384. The van der Waals surface area contributed by atoms with Crippen LogP contribution in [0.15, 0.2) is 24.3 Å². The van der Waals surface area contributed by atoms with Crippen LogP contribution in [0.1, 0.15) is 5.56 Å². The van der Waals surface area contributed by atoms with Crippen LogP contribution in [0.5, 0.6) is 28.7 Å². The van der Waals surface area contributed by atoms with Gasteiger partial charge in [0.15, 0.2) is 0 Å². The Morgan fingerprint density at radius 2 is 1.28 bits per heavy atom. The molecule has 0 bridgehead atoms. The Hall–Kier alpha value is -2.56. The van der Waals surface area contributed by atoms with Crippen LogP contribution < -0.4 is 0 Å². The summed E-state index contributed by atoms with van der Waals surface area (Å²) in [4.78, 5) is 0. The predicted octanol–water partition coefficient (Wildman–Crippen LogP) is 2.19. The summed E-state index contributed by atoms with van der Waals surface area (Å²) in [6.45, 7) is 1.48. The van der Waals surface area contributed by atoms with Gasteiger partial charge in [-0.1, -0.05) is 0 Å². The van der Waals surface area contributed by atoms with E-state index in [4.69, 9.17) is 0 Å². The molecule has 0 atom stereocenters. The van der Waals surface area contributed by atoms with Gasteiger partial charge >= 0.3 is 0 Å². The molecule has 0 radical (unpaired) electrons. The Bertz CT molecular complexity index is 599. The minimum Gasteiger partial charge on any atom is -0.508 e. The lowest BCUT2D eigenvalue weighted by atomic mass is 9.99. The highest BCUT2D eigenvalue weighted by Gasteiger charge is 2.17. The van der Waals surface area contributed by atoms with Crippen LogP contribution in [-0.4, -0.2) is 25.5 Å². The summed E-state index contributed by atoms with van der Waals surface area (Å²) in [5, 5.41) is 47.9. The number of hydrogen-bond acceptors (Lipinski definition) is 5. The van der Waals surface area contributed by atoms with E-state index in [1.807, 2.05) is 0 Å². The Morgan fingerprint density at radius 1 is 0.722 bits per heavy atom. The van der Waals surface area contributed by atoms with E-state index in [2.05, 4.69) is 0 Å². The van der Waals surface area contributed by atoms with Crippen LogP contribution in [0, 0.1) is 6.92 Å². The summed E-state index contributed by atoms with van der Waals surface area (Å²) in [6, 6.07) is 4.78. The van der Waals surface area contributed by atoms with Crippen LogP contribution in [-0.2, 0) is 0 Å². The molecule has 0 saturated carbocycles. The first-order chi connectivity index (χ1) is 8.40. The monoisotopic (exact) mass is 248 g/mol. The second kappa shape index (κ2) is 4.03. The lowest BCUT2D eigenvalue weighted by Crippen LogP contribution is -1.85. The lowest BCUT2D eigenvalue weighted by molar-refractivity contribution is 0.425. The Morgan fingerprint density at radius 3 is 1.83 bits per heavy atom. The molecule has 5 heteroatoms. The van der Waals surface area contributed by atoms with Gasteiger partial charge in [-0.05, 0) is 24.6 Å². The zero-order valence-electron chi connectivity index (χ0n) is 9.55. The van der Waals surface area contributed by atoms with Crippen molar-refractivity contribution < 1.29 is 25.5 Å².